The molecule has 4 nitrogen and oxygen atoms in total. The van der Waals surface area contributed by atoms with Gasteiger partial charge in [-0.15, -0.1) is 0 Å². The van der Waals surface area contributed by atoms with Gasteiger partial charge in [-0.25, -0.2) is 0 Å². The van der Waals surface area contributed by atoms with Gasteiger partial charge in [0.15, 0.2) is 11.5 Å². The number of hydrogen-bond donors (Lipinski definition) is 1. The van der Waals surface area contributed by atoms with E-state index in [9.17, 15) is 5.11 Å². The first-order valence-corrected chi connectivity index (χ1v) is 6.87. The Kier molecular flexibility index (Phi) is 5.05. The number of methoxy groups -OCH3 is 2. The molecule has 1 fully saturated rings. The molecule has 1 aromatic rings. The van der Waals surface area contributed by atoms with E-state index >= 15 is 0 Å². The molecule has 106 valence electrons. The zero-order valence-electron chi connectivity index (χ0n) is 11.8. The Labute approximate surface area is 114 Å². The highest BCUT2D eigenvalue weighted by Gasteiger charge is 2.15. The molecule has 19 heavy (non-hydrogen) atoms. The first kappa shape index (κ1) is 14.2. The summed E-state index contributed by atoms with van der Waals surface area (Å²) in [6.45, 7) is 3.28. The van der Waals surface area contributed by atoms with Crippen LogP contribution in [0.25, 0.3) is 0 Å². The number of aliphatic hydroxyl groups is 1. The average molecular weight is 265 g/mol. The maximum absolute atomic E-state index is 10.2. The SMILES string of the molecule is COc1ccc(C(O)CCN2CCCC2)cc1OC. The van der Waals surface area contributed by atoms with Crippen molar-refractivity contribution in [2.75, 3.05) is 33.9 Å². The minimum atomic E-state index is -0.444. The summed E-state index contributed by atoms with van der Waals surface area (Å²) >= 11 is 0. The summed E-state index contributed by atoms with van der Waals surface area (Å²) in [4.78, 5) is 2.41. The second-order valence-corrected chi connectivity index (χ2v) is 4.97. The van der Waals surface area contributed by atoms with Crippen molar-refractivity contribution in [1.82, 2.24) is 4.90 Å². The summed E-state index contributed by atoms with van der Waals surface area (Å²) in [5.41, 5.74) is 0.886. The van der Waals surface area contributed by atoms with Crippen LogP contribution in [0.1, 0.15) is 30.9 Å². The number of likely N-dealkylation sites (tertiary alicyclic amines) is 1. The fraction of sp³-hybridized carbons (Fsp3) is 0.600. The Bertz CT molecular complexity index is 402. The zero-order valence-corrected chi connectivity index (χ0v) is 11.8. The van der Waals surface area contributed by atoms with Crippen LogP contribution in [0.4, 0.5) is 0 Å². The van der Waals surface area contributed by atoms with Crippen molar-refractivity contribution in [3.8, 4) is 11.5 Å². The number of aliphatic hydroxyl groups excluding tert-OH is 1. The average Bonchev–Trinajstić information content (AvgIpc) is 2.97. The van der Waals surface area contributed by atoms with Gasteiger partial charge in [0.2, 0.25) is 0 Å². The van der Waals surface area contributed by atoms with Gasteiger partial charge < -0.3 is 19.5 Å². The lowest BCUT2D eigenvalue weighted by Gasteiger charge is -2.18. The van der Waals surface area contributed by atoms with Crippen LogP contribution in [-0.4, -0.2) is 43.9 Å². The third kappa shape index (κ3) is 3.61. The Morgan fingerprint density at radius 2 is 1.84 bits per heavy atom. The molecule has 1 unspecified atom stereocenters. The standard InChI is InChI=1S/C15H23NO3/c1-18-14-6-5-12(11-15(14)19-2)13(17)7-10-16-8-3-4-9-16/h5-6,11,13,17H,3-4,7-10H2,1-2H3. The minimum Gasteiger partial charge on any atom is -0.493 e. The van der Waals surface area contributed by atoms with E-state index in [2.05, 4.69) is 4.90 Å². The van der Waals surface area contributed by atoms with Crippen molar-refractivity contribution in [2.45, 2.75) is 25.4 Å². The minimum absolute atomic E-state index is 0.444. The number of hydrogen-bond acceptors (Lipinski definition) is 4. The molecule has 0 saturated carbocycles. The molecule has 1 atom stereocenters. The van der Waals surface area contributed by atoms with Crippen LogP contribution in [0.3, 0.4) is 0 Å². The van der Waals surface area contributed by atoms with Crippen LogP contribution >= 0.6 is 0 Å². The van der Waals surface area contributed by atoms with Gasteiger partial charge >= 0.3 is 0 Å². The molecule has 1 saturated heterocycles. The summed E-state index contributed by atoms with van der Waals surface area (Å²) in [6, 6.07) is 5.59. The zero-order chi connectivity index (χ0) is 13.7. The lowest BCUT2D eigenvalue weighted by Crippen LogP contribution is -2.22. The highest BCUT2D eigenvalue weighted by Crippen LogP contribution is 2.31. The Hall–Kier alpha value is -1.26. The molecule has 1 aliphatic rings. The van der Waals surface area contributed by atoms with E-state index in [1.54, 1.807) is 14.2 Å². The smallest absolute Gasteiger partial charge is 0.161 e. The highest BCUT2D eigenvalue weighted by atomic mass is 16.5. The number of nitrogens with zero attached hydrogens (tertiary/aromatic N) is 1. The van der Waals surface area contributed by atoms with Crippen molar-refractivity contribution >= 4 is 0 Å². The summed E-state index contributed by atoms with van der Waals surface area (Å²) in [5.74, 6) is 1.36. The maximum Gasteiger partial charge on any atom is 0.161 e. The summed E-state index contributed by atoms with van der Waals surface area (Å²) < 4.78 is 10.5. The van der Waals surface area contributed by atoms with Gasteiger partial charge in [-0.05, 0) is 50.0 Å². The fourth-order valence-corrected chi connectivity index (χ4v) is 2.54. The van der Waals surface area contributed by atoms with Crippen LogP contribution in [-0.2, 0) is 0 Å². The molecular formula is C15H23NO3. The highest BCUT2D eigenvalue weighted by molar-refractivity contribution is 5.43. The van der Waals surface area contributed by atoms with Crippen molar-refractivity contribution in [3.05, 3.63) is 23.8 Å². The van der Waals surface area contributed by atoms with Crippen LogP contribution in [0.2, 0.25) is 0 Å². The summed E-state index contributed by atoms with van der Waals surface area (Å²) in [6.07, 6.45) is 2.88. The first-order valence-electron chi connectivity index (χ1n) is 6.87. The second kappa shape index (κ2) is 6.78. The van der Waals surface area contributed by atoms with Crippen molar-refractivity contribution in [3.63, 3.8) is 0 Å². The Morgan fingerprint density at radius 1 is 1.16 bits per heavy atom. The monoisotopic (exact) mass is 265 g/mol. The molecule has 0 spiro atoms. The molecule has 0 aromatic heterocycles. The number of rotatable bonds is 6. The molecular weight excluding hydrogens is 242 g/mol. The van der Waals surface area contributed by atoms with E-state index in [0.717, 1.165) is 18.5 Å². The predicted molar refractivity (Wildman–Crippen MR) is 74.8 cm³/mol. The molecule has 0 aliphatic carbocycles. The number of benzene rings is 1. The molecule has 0 amide bonds. The van der Waals surface area contributed by atoms with Gasteiger partial charge in [0, 0.05) is 6.54 Å². The van der Waals surface area contributed by atoms with E-state index < -0.39 is 6.10 Å². The van der Waals surface area contributed by atoms with Crippen molar-refractivity contribution in [2.24, 2.45) is 0 Å². The molecule has 2 rings (SSSR count). The van der Waals surface area contributed by atoms with Gasteiger partial charge in [-0.1, -0.05) is 6.07 Å². The van der Waals surface area contributed by atoms with Crippen LogP contribution < -0.4 is 9.47 Å². The van der Waals surface area contributed by atoms with Gasteiger partial charge in [0.25, 0.3) is 0 Å². The van der Waals surface area contributed by atoms with Gasteiger partial charge in [-0.2, -0.15) is 0 Å². The third-order valence-corrected chi connectivity index (χ3v) is 3.71. The van der Waals surface area contributed by atoms with E-state index in [0.29, 0.717) is 11.5 Å². The van der Waals surface area contributed by atoms with E-state index in [4.69, 9.17) is 9.47 Å². The molecule has 0 bridgehead atoms. The lowest BCUT2D eigenvalue weighted by atomic mass is 10.1. The quantitative estimate of drug-likeness (QED) is 0.856. The first-order chi connectivity index (χ1) is 9.24. The third-order valence-electron chi connectivity index (χ3n) is 3.71. The van der Waals surface area contributed by atoms with Crippen LogP contribution in [0.15, 0.2) is 18.2 Å². The van der Waals surface area contributed by atoms with Crippen molar-refractivity contribution < 1.29 is 14.6 Å². The summed E-state index contributed by atoms with van der Waals surface area (Å²) in [7, 11) is 3.22. The predicted octanol–water partition coefficient (Wildman–Crippen LogP) is 2.22. The normalized spacial score (nSPS) is 17.4. The molecule has 1 aliphatic heterocycles. The van der Waals surface area contributed by atoms with Gasteiger partial charge in [0.05, 0.1) is 20.3 Å². The molecule has 4 heteroatoms. The van der Waals surface area contributed by atoms with Crippen molar-refractivity contribution in [1.29, 1.82) is 0 Å². The maximum atomic E-state index is 10.2. The summed E-state index contributed by atoms with van der Waals surface area (Å²) in [5, 5.41) is 10.2. The van der Waals surface area contributed by atoms with Crippen LogP contribution in [0.5, 0.6) is 11.5 Å². The molecule has 1 heterocycles. The molecule has 1 aromatic carbocycles. The van der Waals surface area contributed by atoms with E-state index in [-0.39, 0.29) is 0 Å². The largest absolute Gasteiger partial charge is 0.493 e. The second-order valence-electron chi connectivity index (χ2n) is 4.97. The Morgan fingerprint density at radius 3 is 2.47 bits per heavy atom. The van der Waals surface area contributed by atoms with E-state index in [1.165, 1.54) is 25.9 Å². The molecule has 0 radical (unpaired) electrons. The topological polar surface area (TPSA) is 41.9 Å². The Balaban J connectivity index is 1.95. The number of ether oxygens (including phenoxy) is 2. The van der Waals surface area contributed by atoms with Crippen LogP contribution in [0, 0.1) is 0 Å². The lowest BCUT2D eigenvalue weighted by molar-refractivity contribution is 0.148. The van der Waals surface area contributed by atoms with Gasteiger partial charge in [0.1, 0.15) is 0 Å². The molecule has 1 N–H and O–H groups in total. The van der Waals surface area contributed by atoms with Gasteiger partial charge in [-0.3, -0.25) is 0 Å². The van der Waals surface area contributed by atoms with E-state index in [1.807, 2.05) is 18.2 Å². The fourth-order valence-electron chi connectivity index (χ4n) is 2.54.